The van der Waals surface area contributed by atoms with Crippen LogP contribution in [0.25, 0.3) is 0 Å². The number of carbonyl (C=O) groups excluding carboxylic acids is 2. The second kappa shape index (κ2) is 5.37. The zero-order valence-corrected chi connectivity index (χ0v) is 12.9. The number of likely N-dealkylation sites (tertiary alicyclic amines) is 1. The Morgan fingerprint density at radius 1 is 1.43 bits per heavy atom. The highest BCUT2D eigenvalue weighted by atomic mass is 35.5. The predicted molar refractivity (Wildman–Crippen MR) is 80.3 cm³/mol. The number of amides is 2. The molecule has 1 spiro atoms. The Balaban J connectivity index is 1.69. The average molecular weight is 310 g/mol. The van der Waals surface area contributed by atoms with Crippen LogP contribution in [-0.4, -0.2) is 40.9 Å². The summed E-state index contributed by atoms with van der Waals surface area (Å²) in [6.45, 7) is 4.89. The molecule has 0 unspecified atom stereocenters. The third kappa shape index (κ3) is 2.67. The van der Waals surface area contributed by atoms with Crippen molar-refractivity contribution in [2.75, 3.05) is 19.6 Å². The molecule has 5 nitrogen and oxygen atoms in total. The van der Waals surface area contributed by atoms with Gasteiger partial charge in [0, 0.05) is 38.8 Å². The van der Waals surface area contributed by atoms with Crippen molar-refractivity contribution in [2.45, 2.75) is 32.7 Å². The van der Waals surface area contributed by atoms with Gasteiger partial charge in [0.25, 0.3) is 5.91 Å². The first kappa shape index (κ1) is 14.4. The molecule has 2 aliphatic heterocycles. The fraction of sp³-hybridized carbons (Fsp3) is 0.600. The van der Waals surface area contributed by atoms with Gasteiger partial charge in [-0.1, -0.05) is 11.6 Å². The molecular formula is C15H20ClN3O2. The van der Waals surface area contributed by atoms with Crippen molar-refractivity contribution in [3.8, 4) is 0 Å². The molecule has 1 aromatic heterocycles. The van der Waals surface area contributed by atoms with Gasteiger partial charge in [-0.05, 0) is 31.2 Å². The van der Waals surface area contributed by atoms with Gasteiger partial charge in [-0.2, -0.15) is 0 Å². The summed E-state index contributed by atoms with van der Waals surface area (Å²) in [6.07, 6.45) is 4.17. The number of halogens is 1. The lowest BCUT2D eigenvalue weighted by Gasteiger charge is -2.38. The van der Waals surface area contributed by atoms with Gasteiger partial charge in [0.2, 0.25) is 5.91 Å². The quantitative estimate of drug-likeness (QED) is 0.907. The van der Waals surface area contributed by atoms with Crippen molar-refractivity contribution in [3.63, 3.8) is 0 Å². The minimum Gasteiger partial charge on any atom is -0.356 e. The third-order valence-electron chi connectivity index (χ3n) is 4.73. The lowest BCUT2D eigenvalue weighted by atomic mass is 9.77. The lowest BCUT2D eigenvalue weighted by Crippen LogP contribution is -2.44. The molecule has 114 valence electrons. The Labute approximate surface area is 129 Å². The van der Waals surface area contributed by atoms with Crippen molar-refractivity contribution in [2.24, 2.45) is 5.41 Å². The van der Waals surface area contributed by atoms with Gasteiger partial charge < -0.3 is 14.8 Å². The first-order valence-corrected chi connectivity index (χ1v) is 7.82. The fourth-order valence-corrected chi connectivity index (χ4v) is 3.59. The first-order valence-electron chi connectivity index (χ1n) is 7.45. The van der Waals surface area contributed by atoms with E-state index in [9.17, 15) is 9.59 Å². The van der Waals surface area contributed by atoms with E-state index in [0.29, 0.717) is 30.2 Å². The third-order valence-corrected chi connectivity index (χ3v) is 4.94. The fourth-order valence-electron chi connectivity index (χ4n) is 3.37. The second-order valence-corrected chi connectivity index (χ2v) is 6.51. The van der Waals surface area contributed by atoms with Crippen molar-refractivity contribution < 1.29 is 9.59 Å². The summed E-state index contributed by atoms with van der Waals surface area (Å²) >= 11 is 6.00. The Morgan fingerprint density at radius 3 is 2.71 bits per heavy atom. The normalized spacial score (nSPS) is 20.9. The van der Waals surface area contributed by atoms with Crippen LogP contribution in [0.1, 0.15) is 36.7 Å². The summed E-state index contributed by atoms with van der Waals surface area (Å²) in [7, 11) is 0. The lowest BCUT2D eigenvalue weighted by molar-refractivity contribution is -0.119. The van der Waals surface area contributed by atoms with Gasteiger partial charge in [-0.15, -0.1) is 0 Å². The largest absolute Gasteiger partial charge is 0.356 e. The molecule has 3 heterocycles. The van der Waals surface area contributed by atoms with E-state index in [4.69, 9.17) is 11.6 Å². The molecule has 2 amide bonds. The summed E-state index contributed by atoms with van der Waals surface area (Å²) < 4.78 is 1.88. The van der Waals surface area contributed by atoms with Crippen molar-refractivity contribution in [3.05, 3.63) is 23.0 Å². The van der Waals surface area contributed by atoms with Crippen molar-refractivity contribution >= 4 is 23.4 Å². The molecule has 21 heavy (non-hydrogen) atoms. The number of aromatic nitrogens is 1. The molecule has 2 aliphatic rings. The number of nitrogens with one attached hydrogen (secondary N) is 1. The molecule has 0 aromatic carbocycles. The highest BCUT2D eigenvalue weighted by Gasteiger charge is 2.41. The molecule has 0 aliphatic carbocycles. The van der Waals surface area contributed by atoms with E-state index in [0.717, 1.165) is 25.9 Å². The maximum atomic E-state index is 12.6. The Hall–Kier alpha value is -1.49. The minimum atomic E-state index is 0.0379. The zero-order valence-electron chi connectivity index (χ0n) is 12.2. The smallest absolute Gasteiger partial charge is 0.270 e. The second-order valence-electron chi connectivity index (χ2n) is 6.08. The number of carbonyl (C=O) groups is 2. The Kier molecular flexibility index (Phi) is 3.69. The molecule has 0 atom stereocenters. The van der Waals surface area contributed by atoms with E-state index in [1.807, 2.05) is 16.4 Å². The monoisotopic (exact) mass is 309 g/mol. The van der Waals surface area contributed by atoms with Crippen molar-refractivity contribution in [1.29, 1.82) is 0 Å². The van der Waals surface area contributed by atoms with Crippen LogP contribution < -0.4 is 5.32 Å². The summed E-state index contributed by atoms with van der Waals surface area (Å²) in [6, 6.07) is 1.73. The van der Waals surface area contributed by atoms with Gasteiger partial charge in [0.1, 0.15) is 5.69 Å². The summed E-state index contributed by atoms with van der Waals surface area (Å²) in [5.41, 5.74) is 0.720. The molecule has 0 bridgehead atoms. The SMILES string of the molecule is CCn1cc(Cl)cc1C(=O)N1CCC2(CC1)CNC(=O)C2. The molecule has 2 saturated heterocycles. The van der Waals surface area contributed by atoms with Crippen LogP contribution in [0.2, 0.25) is 5.02 Å². The summed E-state index contributed by atoms with van der Waals surface area (Å²) in [5, 5.41) is 3.51. The predicted octanol–water partition coefficient (Wildman–Crippen LogP) is 1.90. The zero-order chi connectivity index (χ0) is 15.0. The van der Waals surface area contributed by atoms with E-state index in [1.165, 1.54) is 0 Å². The maximum Gasteiger partial charge on any atom is 0.270 e. The van der Waals surface area contributed by atoms with Gasteiger partial charge in [-0.25, -0.2) is 0 Å². The Bertz CT molecular complexity index is 573. The van der Waals surface area contributed by atoms with Crippen LogP contribution >= 0.6 is 11.6 Å². The van der Waals surface area contributed by atoms with E-state index in [1.54, 1.807) is 12.3 Å². The molecule has 6 heteroatoms. The van der Waals surface area contributed by atoms with E-state index in [2.05, 4.69) is 5.32 Å². The molecule has 2 fully saturated rings. The van der Waals surface area contributed by atoms with Crippen LogP contribution in [0.4, 0.5) is 0 Å². The highest BCUT2D eigenvalue weighted by molar-refractivity contribution is 6.31. The van der Waals surface area contributed by atoms with Crippen LogP contribution in [0.3, 0.4) is 0 Å². The minimum absolute atomic E-state index is 0.0379. The van der Waals surface area contributed by atoms with E-state index >= 15 is 0 Å². The number of hydrogen-bond acceptors (Lipinski definition) is 2. The first-order chi connectivity index (χ1) is 10.0. The summed E-state index contributed by atoms with van der Waals surface area (Å²) in [5.74, 6) is 0.178. The number of rotatable bonds is 2. The van der Waals surface area contributed by atoms with Gasteiger partial charge in [0.15, 0.2) is 0 Å². The van der Waals surface area contributed by atoms with Crippen molar-refractivity contribution in [1.82, 2.24) is 14.8 Å². The van der Waals surface area contributed by atoms with E-state index < -0.39 is 0 Å². The number of aryl methyl sites for hydroxylation is 1. The molecule has 3 rings (SSSR count). The molecule has 0 radical (unpaired) electrons. The number of hydrogen-bond donors (Lipinski definition) is 1. The number of nitrogens with zero attached hydrogens (tertiary/aromatic N) is 2. The van der Waals surface area contributed by atoms with Gasteiger partial charge in [-0.3, -0.25) is 9.59 Å². The Morgan fingerprint density at radius 2 is 2.14 bits per heavy atom. The van der Waals surface area contributed by atoms with E-state index in [-0.39, 0.29) is 17.2 Å². The van der Waals surface area contributed by atoms with Crippen LogP contribution in [0.15, 0.2) is 12.3 Å². The molecule has 0 saturated carbocycles. The van der Waals surface area contributed by atoms with Gasteiger partial charge in [0.05, 0.1) is 5.02 Å². The van der Waals surface area contributed by atoms with Crippen LogP contribution in [0, 0.1) is 5.41 Å². The molecule has 1 N–H and O–H groups in total. The van der Waals surface area contributed by atoms with Crippen LogP contribution in [-0.2, 0) is 11.3 Å². The molecular weight excluding hydrogens is 290 g/mol. The molecule has 1 aromatic rings. The maximum absolute atomic E-state index is 12.6. The van der Waals surface area contributed by atoms with Gasteiger partial charge >= 0.3 is 0 Å². The standard InChI is InChI=1S/C15H20ClN3O2/c1-2-18-9-11(16)7-12(18)14(21)19-5-3-15(4-6-19)8-13(20)17-10-15/h7,9H,2-6,8,10H2,1H3,(H,17,20). The highest BCUT2D eigenvalue weighted by Crippen LogP contribution is 2.37. The average Bonchev–Trinajstić information content (AvgIpc) is 3.02. The number of piperidine rings is 1. The summed E-state index contributed by atoms with van der Waals surface area (Å²) in [4.78, 5) is 25.9. The topological polar surface area (TPSA) is 54.3 Å². The van der Waals surface area contributed by atoms with Crippen LogP contribution in [0.5, 0.6) is 0 Å².